The van der Waals surface area contributed by atoms with Crippen molar-refractivity contribution in [3.8, 4) is 5.75 Å². The van der Waals surface area contributed by atoms with E-state index in [4.69, 9.17) is 4.74 Å². The molecule has 3 aromatic carbocycles. The lowest BCUT2D eigenvalue weighted by Crippen LogP contribution is -2.23. The second-order valence-corrected chi connectivity index (χ2v) is 8.93. The molecule has 0 spiro atoms. The van der Waals surface area contributed by atoms with Gasteiger partial charge in [0.1, 0.15) is 5.75 Å². The zero-order valence-corrected chi connectivity index (χ0v) is 20.1. The van der Waals surface area contributed by atoms with Crippen molar-refractivity contribution >= 4 is 23.0 Å². The summed E-state index contributed by atoms with van der Waals surface area (Å²) >= 11 is 0. The summed E-state index contributed by atoms with van der Waals surface area (Å²) in [5, 5.41) is 13.3. The molecule has 36 heavy (non-hydrogen) atoms. The van der Waals surface area contributed by atoms with Gasteiger partial charge in [0.15, 0.2) is 0 Å². The van der Waals surface area contributed by atoms with Crippen LogP contribution in [0.4, 0.5) is 17.1 Å². The topological polar surface area (TPSA) is 96.1 Å². The fourth-order valence-corrected chi connectivity index (χ4v) is 4.57. The van der Waals surface area contributed by atoms with E-state index in [-0.39, 0.29) is 11.5 Å². The number of H-pyrrole nitrogens is 1. The maximum Gasteiger partial charge on any atom is 0.267 e. The number of carbonyl (C=O) groups excluding carboxylic acids is 1. The Bertz CT molecular complexity index is 1430. The molecule has 7 nitrogen and oxygen atoms in total. The lowest BCUT2D eigenvalue weighted by atomic mass is 9.90. The SMILES string of the molecule is COc1ccc(Nc2ccc(NC(=O)c3cccc(Cc4n[nH]c(=O)c5c4CCCC5)c3)cc2)cc1. The first-order valence-electron chi connectivity index (χ1n) is 12.1. The molecule has 0 fully saturated rings. The molecular weight excluding hydrogens is 452 g/mol. The largest absolute Gasteiger partial charge is 0.497 e. The first-order chi connectivity index (χ1) is 17.6. The van der Waals surface area contributed by atoms with Crippen LogP contribution >= 0.6 is 0 Å². The van der Waals surface area contributed by atoms with Gasteiger partial charge in [-0.3, -0.25) is 9.59 Å². The molecule has 1 aliphatic carbocycles. The number of anilines is 3. The molecule has 182 valence electrons. The van der Waals surface area contributed by atoms with Gasteiger partial charge in [0, 0.05) is 34.6 Å². The molecule has 0 saturated heterocycles. The maximum atomic E-state index is 12.9. The molecule has 0 saturated carbocycles. The highest BCUT2D eigenvalue weighted by atomic mass is 16.5. The molecule has 7 heteroatoms. The maximum absolute atomic E-state index is 12.9. The van der Waals surface area contributed by atoms with Crippen molar-refractivity contribution in [1.29, 1.82) is 0 Å². The van der Waals surface area contributed by atoms with E-state index >= 15 is 0 Å². The summed E-state index contributed by atoms with van der Waals surface area (Å²) in [5.74, 6) is 0.626. The van der Waals surface area contributed by atoms with Crippen LogP contribution in [-0.4, -0.2) is 23.2 Å². The van der Waals surface area contributed by atoms with Crippen molar-refractivity contribution in [3.63, 3.8) is 0 Å². The van der Waals surface area contributed by atoms with E-state index in [0.29, 0.717) is 17.7 Å². The van der Waals surface area contributed by atoms with Gasteiger partial charge >= 0.3 is 0 Å². The summed E-state index contributed by atoms with van der Waals surface area (Å²) in [6.45, 7) is 0. The summed E-state index contributed by atoms with van der Waals surface area (Å²) in [6, 6.07) is 22.8. The number of nitrogens with zero attached hydrogens (tertiary/aromatic N) is 1. The van der Waals surface area contributed by atoms with Gasteiger partial charge in [-0.1, -0.05) is 12.1 Å². The minimum atomic E-state index is -0.177. The van der Waals surface area contributed by atoms with Gasteiger partial charge in [-0.05, 0) is 97.5 Å². The standard InChI is InChI=1S/C29H28N4O3/c1-36-24-15-13-22(14-16-24)30-21-9-11-23(12-10-21)31-28(34)20-6-4-5-19(17-20)18-27-25-7-2-3-8-26(25)29(35)33-32-27/h4-6,9-17,30H,2-3,7-8,18H2,1H3,(H,31,34)(H,33,35). The van der Waals surface area contributed by atoms with Crippen molar-refractivity contribution in [2.45, 2.75) is 32.1 Å². The van der Waals surface area contributed by atoms with E-state index in [1.807, 2.05) is 66.7 Å². The number of hydrogen-bond acceptors (Lipinski definition) is 5. The first kappa shape index (κ1) is 23.4. The molecule has 3 N–H and O–H groups in total. The van der Waals surface area contributed by atoms with E-state index in [9.17, 15) is 9.59 Å². The Balaban J connectivity index is 1.25. The molecule has 0 radical (unpaired) electrons. The normalized spacial score (nSPS) is 12.5. The third-order valence-electron chi connectivity index (χ3n) is 6.46. The summed E-state index contributed by atoms with van der Waals surface area (Å²) < 4.78 is 5.19. The van der Waals surface area contributed by atoms with Crippen LogP contribution in [-0.2, 0) is 19.3 Å². The zero-order chi connectivity index (χ0) is 24.9. The lowest BCUT2D eigenvalue weighted by molar-refractivity contribution is 0.102. The van der Waals surface area contributed by atoms with E-state index in [1.165, 1.54) is 0 Å². The average molecular weight is 481 g/mol. The number of amides is 1. The fraction of sp³-hybridized carbons (Fsp3) is 0.207. The highest BCUT2D eigenvalue weighted by molar-refractivity contribution is 6.04. The van der Waals surface area contributed by atoms with E-state index in [0.717, 1.165) is 65.2 Å². The first-order valence-corrected chi connectivity index (χ1v) is 12.1. The Morgan fingerprint density at radius 3 is 2.31 bits per heavy atom. The van der Waals surface area contributed by atoms with Crippen LogP contribution in [0.15, 0.2) is 77.6 Å². The molecule has 0 aliphatic heterocycles. The average Bonchev–Trinajstić information content (AvgIpc) is 2.92. The quantitative estimate of drug-likeness (QED) is 0.336. The molecule has 5 rings (SSSR count). The Labute approximate surface area is 209 Å². The number of nitrogens with one attached hydrogen (secondary N) is 3. The number of carbonyl (C=O) groups is 1. The number of benzene rings is 3. The second-order valence-electron chi connectivity index (χ2n) is 8.93. The number of methoxy groups -OCH3 is 1. The van der Waals surface area contributed by atoms with E-state index in [2.05, 4.69) is 20.8 Å². The van der Waals surface area contributed by atoms with Gasteiger partial charge in [-0.15, -0.1) is 0 Å². The Hall–Kier alpha value is -4.39. The van der Waals surface area contributed by atoms with Gasteiger partial charge in [0.25, 0.3) is 11.5 Å². The lowest BCUT2D eigenvalue weighted by Gasteiger charge is -2.17. The third-order valence-corrected chi connectivity index (χ3v) is 6.46. The second kappa shape index (κ2) is 10.5. The summed E-state index contributed by atoms with van der Waals surface area (Å²) in [7, 11) is 1.64. The molecule has 1 amide bonds. The van der Waals surface area contributed by atoms with Crippen LogP contribution in [0, 0.1) is 0 Å². The zero-order valence-electron chi connectivity index (χ0n) is 20.1. The highest BCUT2D eigenvalue weighted by Crippen LogP contribution is 2.24. The molecule has 0 unspecified atom stereocenters. The Morgan fingerprint density at radius 1 is 0.917 bits per heavy atom. The van der Waals surface area contributed by atoms with Crippen molar-refractivity contribution in [2.75, 3.05) is 17.7 Å². The van der Waals surface area contributed by atoms with Gasteiger partial charge in [-0.25, -0.2) is 5.10 Å². The number of hydrogen-bond donors (Lipinski definition) is 3. The molecule has 1 aromatic heterocycles. The van der Waals surface area contributed by atoms with Gasteiger partial charge in [0.2, 0.25) is 0 Å². The van der Waals surface area contributed by atoms with Gasteiger partial charge in [0.05, 0.1) is 12.8 Å². The number of fused-ring (bicyclic) bond motifs is 1. The van der Waals surface area contributed by atoms with Crippen LogP contribution in [0.25, 0.3) is 0 Å². The number of ether oxygens (including phenoxy) is 1. The minimum Gasteiger partial charge on any atom is -0.497 e. The van der Waals surface area contributed by atoms with Gasteiger partial charge in [-0.2, -0.15) is 5.10 Å². The summed E-state index contributed by atoms with van der Waals surface area (Å²) in [5.41, 5.74) is 6.88. The Kier molecular flexibility index (Phi) is 6.80. The third kappa shape index (κ3) is 5.30. The molecule has 0 bridgehead atoms. The van der Waals surface area contributed by atoms with Crippen molar-refractivity contribution < 1.29 is 9.53 Å². The van der Waals surface area contributed by atoms with Crippen molar-refractivity contribution in [3.05, 3.63) is 111 Å². The van der Waals surface area contributed by atoms with Crippen LogP contribution in [0.2, 0.25) is 0 Å². The van der Waals surface area contributed by atoms with Crippen LogP contribution < -0.4 is 20.9 Å². The Morgan fingerprint density at radius 2 is 1.58 bits per heavy atom. The molecule has 4 aromatic rings. The van der Waals surface area contributed by atoms with Crippen LogP contribution in [0.3, 0.4) is 0 Å². The molecule has 1 heterocycles. The number of rotatable bonds is 7. The minimum absolute atomic E-state index is 0.0770. The monoisotopic (exact) mass is 480 g/mol. The van der Waals surface area contributed by atoms with Crippen molar-refractivity contribution in [2.24, 2.45) is 0 Å². The summed E-state index contributed by atoms with van der Waals surface area (Å²) in [4.78, 5) is 25.1. The van der Waals surface area contributed by atoms with Crippen LogP contribution in [0.5, 0.6) is 5.75 Å². The molecular formula is C29H28N4O3. The highest BCUT2D eigenvalue weighted by Gasteiger charge is 2.18. The summed E-state index contributed by atoms with van der Waals surface area (Å²) in [6.07, 6.45) is 4.36. The molecule has 0 atom stereocenters. The predicted octanol–water partition coefficient (Wildman–Crippen LogP) is 5.24. The van der Waals surface area contributed by atoms with Crippen molar-refractivity contribution in [1.82, 2.24) is 10.2 Å². The van der Waals surface area contributed by atoms with E-state index < -0.39 is 0 Å². The fourth-order valence-electron chi connectivity index (χ4n) is 4.57. The predicted molar refractivity (Wildman–Crippen MR) is 141 cm³/mol. The smallest absolute Gasteiger partial charge is 0.267 e. The van der Waals surface area contributed by atoms with E-state index in [1.54, 1.807) is 13.2 Å². The number of aromatic nitrogens is 2. The van der Waals surface area contributed by atoms with Crippen LogP contribution in [0.1, 0.15) is 45.6 Å². The van der Waals surface area contributed by atoms with Gasteiger partial charge < -0.3 is 15.4 Å². The molecule has 1 aliphatic rings. The number of aromatic amines is 1.